The molecule has 0 aromatic heterocycles. The van der Waals surface area contributed by atoms with Crippen molar-refractivity contribution in [2.75, 3.05) is 13.2 Å². The molecule has 0 radical (unpaired) electrons. The first kappa shape index (κ1) is 22.7. The highest BCUT2D eigenvalue weighted by atomic mass is 19.3. The van der Waals surface area contributed by atoms with Gasteiger partial charge in [0.25, 0.3) is 5.92 Å². The van der Waals surface area contributed by atoms with E-state index in [1.165, 1.54) is 0 Å². The van der Waals surface area contributed by atoms with Crippen LogP contribution < -0.4 is 10.6 Å². The number of carbonyl (C=O) groups excluding carboxylic acids is 2. The Hall–Kier alpha value is -3.49. The maximum Gasteiger partial charge on any atom is 0.407 e. The molecule has 1 saturated carbocycles. The largest absolute Gasteiger partial charge is 0.481 e. The zero-order valence-corrected chi connectivity index (χ0v) is 17.9. The molecule has 0 saturated heterocycles. The second-order valence-corrected chi connectivity index (χ2v) is 8.48. The number of carbonyl (C=O) groups is 3. The van der Waals surface area contributed by atoms with Crippen molar-refractivity contribution in [2.45, 2.75) is 31.2 Å². The van der Waals surface area contributed by atoms with Crippen LogP contribution in [0.25, 0.3) is 11.1 Å². The van der Waals surface area contributed by atoms with Crippen LogP contribution in [0.3, 0.4) is 0 Å². The summed E-state index contributed by atoms with van der Waals surface area (Å²) in [5.41, 5.74) is 4.38. The number of alkyl carbamates (subject to hydrolysis) is 1. The molecule has 0 aliphatic heterocycles. The Labute approximate surface area is 189 Å². The molecule has 174 valence electrons. The lowest BCUT2D eigenvalue weighted by Gasteiger charge is -2.17. The van der Waals surface area contributed by atoms with E-state index in [-0.39, 0.29) is 18.9 Å². The molecule has 2 aromatic carbocycles. The molecule has 2 unspecified atom stereocenters. The Morgan fingerprint density at radius 2 is 1.64 bits per heavy atom. The number of hydrogen-bond acceptors (Lipinski definition) is 4. The summed E-state index contributed by atoms with van der Waals surface area (Å²) < 4.78 is 32.2. The second-order valence-electron chi connectivity index (χ2n) is 8.48. The summed E-state index contributed by atoms with van der Waals surface area (Å²) in [5, 5.41) is 13.6. The number of alkyl halides is 2. The number of ether oxygens (including phenoxy) is 1. The molecule has 1 fully saturated rings. The van der Waals surface area contributed by atoms with E-state index in [1.54, 1.807) is 6.92 Å². The number of benzene rings is 2. The zero-order chi connectivity index (χ0) is 23.8. The number of carboxylic acid groups (broad SMARTS) is 1. The highest BCUT2D eigenvalue weighted by Crippen LogP contribution is 2.54. The molecule has 9 heteroatoms. The Bertz CT molecular complexity index is 1040. The SMILES string of the molecule is C[C@H](CC(=O)NCC1C(C(=O)O)C1(F)F)NC(=O)OCC1c2ccccc2-c2ccccc21. The van der Waals surface area contributed by atoms with Crippen LogP contribution in [-0.2, 0) is 14.3 Å². The van der Waals surface area contributed by atoms with E-state index in [0.717, 1.165) is 22.3 Å². The number of carboxylic acids is 1. The first-order valence-electron chi connectivity index (χ1n) is 10.7. The molecule has 0 bridgehead atoms. The fourth-order valence-corrected chi connectivity index (χ4v) is 4.45. The second kappa shape index (κ2) is 8.80. The molecule has 2 aromatic rings. The Balaban J connectivity index is 1.24. The smallest absolute Gasteiger partial charge is 0.407 e. The minimum absolute atomic E-state index is 0.0934. The summed E-state index contributed by atoms with van der Waals surface area (Å²) in [4.78, 5) is 35.0. The maximum absolute atomic E-state index is 13.4. The van der Waals surface area contributed by atoms with Crippen molar-refractivity contribution in [3.8, 4) is 11.1 Å². The van der Waals surface area contributed by atoms with Gasteiger partial charge in [0, 0.05) is 24.9 Å². The van der Waals surface area contributed by atoms with Crippen molar-refractivity contribution in [1.29, 1.82) is 0 Å². The van der Waals surface area contributed by atoms with E-state index in [4.69, 9.17) is 9.84 Å². The Morgan fingerprint density at radius 3 is 2.18 bits per heavy atom. The molecule has 0 spiro atoms. The van der Waals surface area contributed by atoms with Crippen LogP contribution >= 0.6 is 0 Å². The summed E-state index contributed by atoms with van der Waals surface area (Å²) in [6.07, 6.45) is -0.836. The predicted molar refractivity (Wildman–Crippen MR) is 115 cm³/mol. The van der Waals surface area contributed by atoms with E-state index in [1.807, 2.05) is 48.5 Å². The van der Waals surface area contributed by atoms with Gasteiger partial charge in [0.1, 0.15) is 12.5 Å². The van der Waals surface area contributed by atoms with Gasteiger partial charge in [-0.3, -0.25) is 9.59 Å². The summed E-state index contributed by atoms with van der Waals surface area (Å²) in [6.45, 7) is 1.29. The van der Waals surface area contributed by atoms with Gasteiger partial charge in [0.05, 0.1) is 5.92 Å². The third-order valence-electron chi connectivity index (χ3n) is 6.19. The van der Waals surface area contributed by atoms with E-state index in [2.05, 4.69) is 10.6 Å². The summed E-state index contributed by atoms with van der Waals surface area (Å²) >= 11 is 0. The molecule has 0 heterocycles. The molecule has 2 aliphatic rings. The normalized spacial score (nSPS) is 20.8. The van der Waals surface area contributed by atoms with Gasteiger partial charge in [-0.25, -0.2) is 13.6 Å². The Kier molecular flexibility index (Phi) is 6.05. The topological polar surface area (TPSA) is 105 Å². The summed E-state index contributed by atoms with van der Waals surface area (Å²) in [6, 6.07) is 15.3. The molecular weight excluding hydrogens is 434 g/mol. The predicted octanol–water partition coefficient (Wildman–Crippen LogP) is 3.39. The van der Waals surface area contributed by atoms with Gasteiger partial charge in [0.15, 0.2) is 0 Å². The first-order valence-corrected chi connectivity index (χ1v) is 10.7. The number of fused-ring (bicyclic) bond motifs is 3. The van der Waals surface area contributed by atoms with Crippen LogP contribution in [0, 0.1) is 11.8 Å². The summed E-state index contributed by atoms with van der Waals surface area (Å²) in [5.74, 6) is -8.73. The van der Waals surface area contributed by atoms with E-state index < -0.39 is 48.3 Å². The monoisotopic (exact) mass is 458 g/mol. The van der Waals surface area contributed by atoms with Gasteiger partial charge in [-0.15, -0.1) is 0 Å². The molecule has 3 atom stereocenters. The number of nitrogens with one attached hydrogen (secondary N) is 2. The van der Waals surface area contributed by atoms with E-state index >= 15 is 0 Å². The quantitative estimate of drug-likeness (QED) is 0.563. The zero-order valence-electron chi connectivity index (χ0n) is 17.9. The van der Waals surface area contributed by atoms with Crippen LogP contribution in [0.5, 0.6) is 0 Å². The van der Waals surface area contributed by atoms with Crippen LogP contribution in [0.2, 0.25) is 0 Å². The van der Waals surface area contributed by atoms with Crippen LogP contribution in [-0.4, -0.2) is 48.2 Å². The highest BCUT2D eigenvalue weighted by Gasteiger charge is 2.72. The maximum atomic E-state index is 13.4. The fraction of sp³-hybridized carbons (Fsp3) is 0.375. The molecule has 4 rings (SSSR count). The number of hydrogen-bond donors (Lipinski definition) is 3. The van der Waals surface area contributed by atoms with Crippen molar-refractivity contribution in [1.82, 2.24) is 10.6 Å². The van der Waals surface area contributed by atoms with Gasteiger partial charge in [-0.1, -0.05) is 48.5 Å². The standard InChI is InChI=1S/C24H24F2N2O5/c1-13(10-20(29)27-11-19-21(22(30)31)24(19,25)26)28-23(32)33-12-18-16-8-4-2-6-14(16)15-7-3-5-9-17(15)18/h2-9,13,18-19,21H,10-12H2,1H3,(H,27,29)(H,28,32)(H,30,31)/t13-,19?,21?/m1/s1. The van der Waals surface area contributed by atoms with Gasteiger partial charge in [-0.2, -0.15) is 0 Å². The number of amides is 2. The lowest BCUT2D eigenvalue weighted by molar-refractivity contribution is -0.141. The minimum Gasteiger partial charge on any atom is -0.481 e. The molecule has 2 aliphatic carbocycles. The van der Waals surface area contributed by atoms with Gasteiger partial charge in [-0.05, 0) is 29.2 Å². The lowest BCUT2D eigenvalue weighted by Crippen LogP contribution is -2.38. The van der Waals surface area contributed by atoms with Crippen LogP contribution in [0.15, 0.2) is 48.5 Å². The van der Waals surface area contributed by atoms with Crippen LogP contribution in [0.4, 0.5) is 13.6 Å². The number of halogens is 2. The molecule has 33 heavy (non-hydrogen) atoms. The fourth-order valence-electron chi connectivity index (χ4n) is 4.45. The summed E-state index contributed by atoms with van der Waals surface area (Å²) in [7, 11) is 0. The third kappa shape index (κ3) is 4.53. The van der Waals surface area contributed by atoms with E-state index in [0.29, 0.717) is 0 Å². The van der Waals surface area contributed by atoms with Crippen molar-refractivity contribution >= 4 is 18.0 Å². The molecule has 2 amide bonds. The van der Waals surface area contributed by atoms with Gasteiger partial charge >= 0.3 is 12.1 Å². The average molecular weight is 458 g/mol. The average Bonchev–Trinajstić information content (AvgIpc) is 3.18. The molecule has 7 nitrogen and oxygen atoms in total. The molecule has 3 N–H and O–H groups in total. The van der Waals surface area contributed by atoms with Gasteiger partial charge < -0.3 is 20.5 Å². The van der Waals surface area contributed by atoms with Crippen molar-refractivity contribution in [3.63, 3.8) is 0 Å². The number of rotatable bonds is 8. The first-order chi connectivity index (χ1) is 15.7. The van der Waals surface area contributed by atoms with Crippen molar-refractivity contribution < 1.29 is 33.0 Å². The van der Waals surface area contributed by atoms with Crippen molar-refractivity contribution in [3.05, 3.63) is 59.7 Å². The van der Waals surface area contributed by atoms with Gasteiger partial charge in [0.2, 0.25) is 5.91 Å². The minimum atomic E-state index is -3.32. The van der Waals surface area contributed by atoms with E-state index in [9.17, 15) is 23.2 Å². The molecular formula is C24H24F2N2O5. The van der Waals surface area contributed by atoms with Crippen molar-refractivity contribution in [2.24, 2.45) is 11.8 Å². The Morgan fingerprint density at radius 1 is 1.06 bits per heavy atom. The lowest BCUT2D eigenvalue weighted by atomic mass is 9.98. The highest BCUT2D eigenvalue weighted by molar-refractivity contribution is 5.80. The third-order valence-corrected chi connectivity index (χ3v) is 6.19. The van der Waals surface area contributed by atoms with Crippen LogP contribution in [0.1, 0.15) is 30.4 Å². The number of aliphatic carboxylic acids is 1.